The maximum Gasteiger partial charge on any atom is 0.255 e. The van der Waals surface area contributed by atoms with Crippen LogP contribution in [0.5, 0.6) is 0 Å². The fourth-order valence-electron chi connectivity index (χ4n) is 1.27. The van der Waals surface area contributed by atoms with E-state index >= 15 is 0 Å². The lowest BCUT2D eigenvalue weighted by Gasteiger charge is -2.40. The highest BCUT2D eigenvalue weighted by molar-refractivity contribution is 5.92. The maximum absolute atomic E-state index is 10.9. The Morgan fingerprint density at radius 2 is 2.50 bits per heavy atom. The van der Waals surface area contributed by atoms with E-state index in [1.807, 2.05) is 0 Å². The first-order valence-electron chi connectivity index (χ1n) is 3.69. The molecule has 0 saturated carbocycles. The van der Waals surface area contributed by atoms with Crippen molar-refractivity contribution in [1.29, 1.82) is 0 Å². The standard InChI is InChI=1S/C8H9NO3/c1-8(11)6(9-7(8)10)5-3-2-4-12-5/h2-4,6,11H,1H3,(H,9,10)/t6-,8-/m0/s1. The Labute approximate surface area is 69.2 Å². The molecule has 0 aromatic carbocycles. The Hall–Kier alpha value is -1.29. The van der Waals surface area contributed by atoms with Crippen molar-refractivity contribution in [2.45, 2.75) is 18.6 Å². The van der Waals surface area contributed by atoms with Crippen LogP contribution < -0.4 is 5.32 Å². The number of nitrogens with one attached hydrogen (secondary N) is 1. The summed E-state index contributed by atoms with van der Waals surface area (Å²) < 4.78 is 5.05. The van der Waals surface area contributed by atoms with E-state index in [2.05, 4.69) is 5.32 Å². The van der Waals surface area contributed by atoms with Crippen molar-refractivity contribution >= 4 is 5.91 Å². The second-order valence-corrected chi connectivity index (χ2v) is 3.07. The van der Waals surface area contributed by atoms with Crippen molar-refractivity contribution in [3.8, 4) is 0 Å². The van der Waals surface area contributed by atoms with Gasteiger partial charge in [-0.2, -0.15) is 0 Å². The predicted octanol–water partition coefficient (Wildman–Crippen LogP) is 0.201. The molecule has 64 valence electrons. The molecule has 1 fully saturated rings. The number of carbonyl (C=O) groups is 1. The predicted molar refractivity (Wildman–Crippen MR) is 40.2 cm³/mol. The Kier molecular flexibility index (Phi) is 1.29. The highest BCUT2D eigenvalue weighted by atomic mass is 16.3. The van der Waals surface area contributed by atoms with Crippen LogP contribution in [0, 0.1) is 0 Å². The fourth-order valence-corrected chi connectivity index (χ4v) is 1.27. The molecule has 0 spiro atoms. The van der Waals surface area contributed by atoms with Gasteiger partial charge in [0.25, 0.3) is 5.91 Å². The number of rotatable bonds is 1. The van der Waals surface area contributed by atoms with Gasteiger partial charge in [0.1, 0.15) is 11.8 Å². The van der Waals surface area contributed by atoms with Crippen LogP contribution in [0.25, 0.3) is 0 Å². The van der Waals surface area contributed by atoms with Crippen molar-refractivity contribution < 1.29 is 14.3 Å². The van der Waals surface area contributed by atoms with Crippen LogP contribution in [0.15, 0.2) is 22.8 Å². The minimum Gasteiger partial charge on any atom is -0.467 e. The largest absolute Gasteiger partial charge is 0.467 e. The van der Waals surface area contributed by atoms with Crippen molar-refractivity contribution in [1.82, 2.24) is 5.32 Å². The number of β-lactam (4-membered cyclic amide) rings is 1. The van der Waals surface area contributed by atoms with Crippen LogP contribution in [-0.2, 0) is 4.79 Å². The zero-order valence-electron chi connectivity index (χ0n) is 6.57. The third-order valence-corrected chi connectivity index (χ3v) is 2.12. The normalized spacial score (nSPS) is 34.2. The summed E-state index contributed by atoms with van der Waals surface area (Å²) in [6.07, 6.45) is 1.51. The molecule has 2 N–H and O–H groups in total. The highest BCUT2D eigenvalue weighted by Crippen LogP contribution is 2.33. The molecule has 1 aromatic heterocycles. The first kappa shape index (κ1) is 7.36. The van der Waals surface area contributed by atoms with Crippen LogP contribution in [0.4, 0.5) is 0 Å². The molecule has 1 saturated heterocycles. The molecule has 0 bridgehead atoms. The van der Waals surface area contributed by atoms with Gasteiger partial charge in [-0.1, -0.05) is 0 Å². The molecule has 12 heavy (non-hydrogen) atoms. The van der Waals surface area contributed by atoms with Crippen LogP contribution >= 0.6 is 0 Å². The zero-order valence-corrected chi connectivity index (χ0v) is 6.57. The van der Waals surface area contributed by atoms with Gasteiger partial charge >= 0.3 is 0 Å². The Morgan fingerprint density at radius 3 is 2.92 bits per heavy atom. The molecule has 4 heteroatoms. The molecule has 1 amide bonds. The van der Waals surface area contributed by atoms with Gasteiger partial charge in [-0.25, -0.2) is 0 Å². The maximum atomic E-state index is 10.9. The van der Waals surface area contributed by atoms with Gasteiger partial charge in [0.15, 0.2) is 5.60 Å². The Morgan fingerprint density at radius 1 is 1.75 bits per heavy atom. The van der Waals surface area contributed by atoms with Gasteiger partial charge in [0.05, 0.1) is 6.26 Å². The molecular formula is C8H9NO3. The van der Waals surface area contributed by atoms with Gasteiger partial charge in [0.2, 0.25) is 0 Å². The third kappa shape index (κ3) is 0.783. The van der Waals surface area contributed by atoms with Crippen molar-refractivity contribution in [3.63, 3.8) is 0 Å². The van der Waals surface area contributed by atoms with Crippen molar-refractivity contribution in [2.24, 2.45) is 0 Å². The summed E-state index contributed by atoms with van der Waals surface area (Å²) in [5.74, 6) is 0.225. The SMILES string of the molecule is C[C@@]1(O)C(=O)N[C@H]1c1ccco1. The quantitative estimate of drug-likeness (QED) is 0.587. The lowest BCUT2D eigenvalue weighted by Crippen LogP contribution is -2.64. The van der Waals surface area contributed by atoms with Gasteiger partial charge in [-0.3, -0.25) is 4.79 Å². The topological polar surface area (TPSA) is 62.5 Å². The van der Waals surface area contributed by atoms with Gasteiger partial charge in [0, 0.05) is 0 Å². The minimum absolute atomic E-state index is 0.358. The highest BCUT2D eigenvalue weighted by Gasteiger charge is 2.52. The molecular weight excluding hydrogens is 158 g/mol. The van der Waals surface area contributed by atoms with E-state index in [1.165, 1.54) is 13.2 Å². The monoisotopic (exact) mass is 167 g/mol. The smallest absolute Gasteiger partial charge is 0.255 e. The second-order valence-electron chi connectivity index (χ2n) is 3.07. The lowest BCUT2D eigenvalue weighted by atomic mass is 9.85. The van der Waals surface area contributed by atoms with Crippen molar-refractivity contribution in [3.05, 3.63) is 24.2 Å². The average molecular weight is 167 g/mol. The first-order valence-corrected chi connectivity index (χ1v) is 3.69. The summed E-state index contributed by atoms with van der Waals surface area (Å²) in [5.41, 5.74) is -1.32. The van der Waals surface area contributed by atoms with Gasteiger partial charge in [-0.05, 0) is 19.1 Å². The van der Waals surface area contributed by atoms with Crippen LogP contribution in [-0.4, -0.2) is 16.6 Å². The summed E-state index contributed by atoms with van der Waals surface area (Å²) in [6.45, 7) is 1.47. The van der Waals surface area contributed by atoms with Crippen LogP contribution in [0.2, 0.25) is 0 Å². The van der Waals surface area contributed by atoms with Gasteiger partial charge in [-0.15, -0.1) is 0 Å². The van der Waals surface area contributed by atoms with E-state index in [1.54, 1.807) is 12.1 Å². The summed E-state index contributed by atoms with van der Waals surface area (Å²) in [6, 6.07) is 3.04. The number of aliphatic hydroxyl groups is 1. The average Bonchev–Trinajstić information content (AvgIpc) is 2.51. The number of furan rings is 1. The Bertz CT molecular complexity index is 302. The number of amides is 1. The summed E-state index contributed by atoms with van der Waals surface area (Å²) in [4.78, 5) is 10.9. The van der Waals surface area contributed by atoms with Crippen molar-refractivity contribution in [2.75, 3.05) is 0 Å². The second kappa shape index (κ2) is 2.10. The number of hydrogen-bond acceptors (Lipinski definition) is 3. The molecule has 1 aliphatic heterocycles. The molecule has 4 nitrogen and oxygen atoms in total. The molecule has 0 unspecified atom stereocenters. The minimum atomic E-state index is -1.32. The number of carbonyl (C=O) groups excluding carboxylic acids is 1. The summed E-state index contributed by atoms with van der Waals surface area (Å²) >= 11 is 0. The molecule has 1 aromatic rings. The van der Waals surface area contributed by atoms with E-state index in [4.69, 9.17) is 4.42 Å². The lowest BCUT2D eigenvalue weighted by molar-refractivity contribution is -0.159. The summed E-state index contributed by atoms with van der Waals surface area (Å²) in [7, 11) is 0. The third-order valence-electron chi connectivity index (χ3n) is 2.12. The van der Waals surface area contributed by atoms with Crippen LogP contribution in [0.3, 0.4) is 0 Å². The van der Waals surface area contributed by atoms with E-state index in [0.717, 1.165) is 0 Å². The Balaban J connectivity index is 2.25. The zero-order chi connectivity index (χ0) is 8.77. The van der Waals surface area contributed by atoms with Crippen LogP contribution in [0.1, 0.15) is 18.7 Å². The molecule has 2 rings (SSSR count). The molecule has 2 atom stereocenters. The molecule has 0 radical (unpaired) electrons. The molecule has 2 heterocycles. The first-order chi connectivity index (χ1) is 5.62. The van der Waals surface area contributed by atoms with Gasteiger partial charge < -0.3 is 14.8 Å². The van der Waals surface area contributed by atoms with E-state index in [0.29, 0.717) is 5.76 Å². The molecule has 0 aliphatic carbocycles. The van der Waals surface area contributed by atoms with E-state index in [-0.39, 0.29) is 5.91 Å². The number of hydrogen-bond donors (Lipinski definition) is 2. The summed E-state index contributed by atoms with van der Waals surface area (Å²) in [5, 5.41) is 12.1. The fraction of sp³-hybridized carbons (Fsp3) is 0.375. The molecule has 1 aliphatic rings. The van der Waals surface area contributed by atoms with E-state index in [9.17, 15) is 9.90 Å². The van der Waals surface area contributed by atoms with E-state index < -0.39 is 11.6 Å².